The number of carbonyl (C=O) groups excluding carboxylic acids is 1. The Labute approximate surface area is 233 Å². The number of para-hydroxylation sites is 2. The van der Waals surface area contributed by atoms with Crippen LogP contribution in [-0.4, -0.2) is 26.3 Å². The van der Waals surface area contributed by atoms with Crippen LogP contribution in [0.15, 0.2) is 81.1 Å². The highest BCUT2D eigenvalue weighted by Gasteiger charge is 2.17. The fourth-order valence-corrected chi connectivity index (χ4v) is 5.01. The number of hydrogen-bond donors (Lipinski definition) is 1. The first-order valence-electron chi connectivity index (χ1n) is 12.7. The van der Waals surface area contributed by atoms with Gasteiger partial charge in [-0.25, -0.2) is 9.37 Å². The fourth-order valence-electron chi connectivity index (χ4n) is 4.65. The van der Waals surface area contributed by atoms with Crippen LogP contribution < -0.4 is 10.9 Å². The predicted molar refractivity (Wildman–Crippen MR) is 157 cm³/mol. The number of aromatic nitrogens is 3. The molecule has 0 atom stereocenters. The molecule has 0 saturated heterocycles. The number of nitrogens with one attached hydrogen (secondary N) is 1. The monoisotopic (exact) mass is 587 g/mol. The molecule has 7 nitrogen and oxygen atoms in total. The minimum absolute atomic E-state index is 0.0121. The molecule has 0 aliphatic carbocycles. The van der Waals surface area contributed by atoms with E-state index in [9.17, 15) is 14.0 Å². The summed E-state index contributed by atoms with van der Waals surface area (Å²) in [6.45, 7) is 3.97. The smallest absolute Gasteiger partial charge is 0.282 e. The molecule has 0 saturated carbocycles. The second-order valence-corrected chi connectivity index (χ2v) is 10.2. The quantitative estimate of drug-likeness (QED) is 0.212. The molecule has 5 aromatic rings. The Balaban J connectivity index is 1.55. The zero-order valence-corrected chi connectivity index (χ0v) is 23.2. The first-order valence-corrected chi connectivity index (χ1v) is 13.5. The standard InChI is InChI=1S/C30H27BrFN5O2/c1-3-4-13-28-34-25-15-14-20(31)16-22(25)30(39)37(28)33-17-23-19(2)36(27-12-8-5-9-21(23)27)18-29(38)35-26-11-7-6-10-24(26)32/h5-12,14-17H,3-4,13,18H2,1-2H3,(H,35,38). The Morgan fingerprint density at radius 2 is 1.87 bits per heavy atom. The molecule has 2 heterocycles. The molecule has 2 aromatic heterocycles. The summed E-state index contributed by atoms with van der Waals surface area (Å²) in [6, 6.07) is 19.2. The van der Waals surface area contributed by atoms with Gasteiger partial charge in [0.15, 0.2) is 0 Å². The van der Waals surface area contributed by atoms with Crippen molar-refractivity contribution in [3.8, 4) is 0 Å². The number of anilines is 1. The zero-order chi connectivity index (χ0) is 27.5. The van der Waals surface area contributed by atoms with Gasteiger partial charge in [-0.2, -0.15) is 9.78 Å². The molecule has 9 heteroatoms. The van der Waals surface area contributed by atoms with Crippen LogP contribution in [0.4, 0.5) is 10.1 Å². The third kappa shape index (κ3) is 5.40. The maximum atomic E-state index is 14.1. The van der Waals surface area contributed by atoms with E-state index in [1.165, 1.54) is 16.8 Å². The van der Waals surface area contributed by atoms with Crippen molar-refractivity contribution in [2.45, 2.75) is 39.7 Å². The third-order valence-electron chi connectivity index (χ3n) is 6.66. The van der Waals surface area contributed by atoms with Crippen molar-refractivity contribution in [1.82, 2.24) is 14.2 Å². The Hall–Kier alpha value is -4.11. The Morgan fingerprint density at radius 3 is 2.67 bits per heavy atom. The molecule has 3 aromatic carbocycles. The number of nitrogens with zero attached hydrogens (tertiary/aromatic N) is 4. The number of fused-ring (bicyclic) bond motifs is 2. The van der Waals surface area contributed by atoms with Gasteiger partial charge >= 0.3 is 0 Å². The molecule has 0 radical (unpaired) electrons. The van der Waals surface area contributed by atoms with E-state index >= 15 is 0 Å². The summed E-state index contributed by atoms with van der Waals surface area (Å²) in [5, 5.41) is 8.64. The Morgan fingerprint density at radius 1 is 1.10 bits per heavy atom. The van der Waals surface area contributed by atoms with Crippen molar-refractivity contribution < 1.29 is 9.18 Å². The highest BCUT2D eigenvalue weighted by Crippen LogP contribution is 2.25. The van der Waals surface area contributed by atoms with E-state index in [2.05, 4.69) is 33.3 Å². The molecule has 1 N–H and O–H groups in total. The van der Waals surface area contributed by atoms with Crippen LogP contribution >= 0.6 is 15.9 Å². The maximum absolute atomic E-state index is 14.1. The average molecular weight is 588 g/mol. The highest BCUT2D eigenvalue weighted by molar-refractivity contribution is 9.10. The molecule has 5 rings (SSSR count). The Bertz CT molecular complexity index is 1790. The van der Waals surface area contributed by atoms with Gasteiger partial charge in [-0.3, -0.25) is 9.59 Å². The van der Waals surface area contributed by atoms with Crippen LogP contribution in [0.1, 0.15) is 36.8 Å². The van der Waals surface area contributed by atoms with E-state index in [1.807, 2.05) is 47.9 Å². The fraction of sp³-hybridized carbons (Fsp3) is 0.200. The largest absolute Gasteiger partial charge is 0.335 e. The minimum Gasteiger partial charge on any atom is -0.335 e. The van der Waals surface area contributed by atoms with E-state index in [-0.39, 0.29) is 23.7 Å². The van der Waals surface area contributed by atoms with Crippen molar-refractivity contribution in [2.24, 2.45) is 5.10 Å². The lowest BCUT2D eigenvalue weighted by Crippen LogP contribution is -2.22. The summed E-state index contributed by atoms with van der Waals surface area (Å²) >= 11 is 3.44. The Kier molecular flexibility index (Phi) is 7.70. The van der Waals surface area contributed by atoms with E-state index in [4.69, 9.17) is 4.98 Å². The van der Waals surface area contributed by atoms with Gasteiger partial charge in [0.1, 0.15) is 18.2 Å². The summed E-state index contributed by atoms with van der Waals surface area (Å²) in [4.78, 5) is 31.1. The van der Waals surface area contributed by atoms with E-state index < -0.39 is 5.82 Å². The van der Waals surface area contributed by atoms with Gasteiger partial charge in [0.2, 0.25) is 5.91 Å². The second kappa shape index (κ2) is 11.3. The summed E-state index contributed by atoms with van der Waals surface area (Å²) < 4.78 is 18.1. The normalized spacial score (nSPS) is 11.6. The molecule has 1 amide bonds. The van der Waals surface area contributed by atoms with Crippen LogP contribution in [0.25, 0.3) is 21.8 Å². The third-order valence-corrected chi connectivity index (χ3v) is 7.15. The number of unbranched alkanes of at least 4 members (excludes halogenated alkanes) is 1. The van der Waals surface area contributed by atoms with Gasteiger partial charge in [0.05, 0.1) is 22.8 Å². The van der Waals surface area contributed by atoms with Crippen LogP contribution in [0, 0.1) is 12.7 Å². The van der Waals surface area contributed by atoms with Crippen molar-refractivity contribution in [3.05, 3.63) is 104 Å². The number of hydrogen-bond acceptors (Lipinski definition) is 4. The van der Waals surface area contributed by atoms with Gasteiger partial charge < -0.3 is 9.88 Å². The number of halogens is 2. The number of carbonyl (C=O) groups is 1. The predicted octanol–water partition coefficient (Wildman–Crippen LogP) is 6.42. The van der Waals surface area contributed by atoms with Gasteiger partial charge in [0.25, 0.3) is 5.56 Å². The van der Waals surface area contributed by atoms with Gasteiger partial charge in [0, 0.05) is 33.1 Å². The average Bonchev–Trinajstić information content (AvgIpc) is 3.19. The number of rotatable bonds is 8. The lowest BCUT2D eigenvalue weighted by molar-refractivity contribution is -0.116. The van der Waals surface area contributed by atoms with Crippen LogP contribution in [0.2, 0.25) is 0 Å². The number of aryl methyl sites for hydroxylation is 1. The molecule has 0 aliphatic heterocycles. The number of benzene rings is 3. The molecule has 0 unspecified atom stereocenters. The van der Waals surface area contributed by atoms with Crippen LogP contribution in [0.3, 0.4) is 0 Å². The van der Waals surface area contributed by atoms with E-state index in [0.29, 0.717) is 23.1 Å². The van der Waals surface area contributed by atoms with Crippen molar-refractivity contribution in [3.63, 3.8) is 0 Å². The molecule has 198 valence electrons. The van der Waals surface area contributed by atoms with E-state index in [1.54, 1.807) is 24.4 Å². The molecule has 0 aliphatic rings. The highest BCUT2D eigenvalue weighted by atomic mass is 79.9. The number of amides is 1. The maximum Gasteiger partial charge on any atom is 0.282 e. The molecule has 0 spiro atoms. The zero-order valence-electron chi connectivity index (χ0n) is 21.6. The summed E-state index contributed by atoms with van der Waals surface area (Å²) in [5.74, 6) is -0.249. The summed E-state index contributed by atoms with van der Waals surface area (Å²) in [6.07, 6.45) is 4.11. The lowest BCUT2D eigenvalue weighted by atomic mass is 10.1. The first kappa shape index (κ1) is 26.5. The molecule has 0 fully saturated rings. The van der Waals surface area contributed by atoms with Crippen LogP contribution in [-0.2, 0) is 17.8 Å². The van der Waals surface area contributed by atoms with Crippen molar-refractivity contribution in [1.29, 1.82) is 0 Å². The van der Waals surface area contributed by atoms with Crippen molar-refractivity contribution >= 4 is 55.5 Å². The summed E-state index contributed by atoms with van der Waals surface area (Å²) in [7, 11) is 0. The van der Waals surface area contributed by atoms with Gasteiger partial charge in [-0.1, -0.05) is 59.6 Å². The van der Waals surface area contributed by atoms with E-state index in [0.717, 1.165) is 39.5 Å². The SMILES string of the molecule is CCCCc1nc2ccc(Br)cc2c(=O)n1N=Cc1c(C)n(CC(=O)Nc2ccccc2F)c2ccccc12. The topological polar surface area (TPSA) is 81.3 Å². The first-order chi connectivity index (χ1) is 18.9. The second-order valence-electron chi connectivity index (χ2n) is 9.28. The van der Waals surface area contributed by atoms with Gasteiger partial charge in [-0.05, 0) is 49.7 Å². The summed E-state index contributed by atoms with van der Waals surface area (Å²) in [5.41, 5.74) is 2.94. The van der Waals surface area contributed by atoms with Crippen LogP contribution in [0.5, 0.6) is 0 Å². The molecular formula is C30H27BrFN5O2. The minimum atomic E-state index is -0.492. The molecule has 39 heavy (non-hydrogen) atoms. The molecule has 0 bridgehead atoms. The van der Waals surface area contributed by atoms with Crippen molar-refractivity contribution in [2.75, 3.05) is 5.32 Å². The van der Waals surface area contributed by atoms with Gasteiger partial charge in [-0.15, -0.1) is 0 Å². The lowest BCUT2D eigenvalue weighted by Gasteiger charge is -2.10. The molecular weight excluding hydrogens is 561 g/mol.